The van der Waals surface area contributed by atoms with Gasteiger partial charge in [0.25, 0.3) is 0 Å². The van der Waals surface area contributed by atoms with Gasteiger partial charge in [-0.2, -0.15) is 10.6 Å². The Bertz CT molecular complexity index is 1580. The number of hydrogen-bond acceptors (Lipinski definition) is 7. The van der Waals surface area contributed by atoms with Crippen LogP contribution in [0.5, 0.6) is 0 Å². The average molecular weight is 653 g/mol. The maximum absolute atomic E-state index is 14.2. The Morgan fingerprint density at radius 1 is 0.933 bits per heavy atom. The maximum Gasteiger partial charge on any atom is 0.233 e. The second-order valence-electron chi connectivity index (χ2n) is 14.6. The van der Waals surface area contributed by atoms with Crippen molar-refractivity contribution in [3.63, 3.8) is 0 Å². The molecular weight excluding hydrogens is 605 g/mol. The lowest BCUT2D eigenvalue weighted by Gasteiger charge is -2.38. The standard InChI is InChI=1S/C35H48N4O4S2/c1-22-17-23(2)19-24(18-22)32-31(29(40)9-11-37-12-14-38(15-13-37)27-10-16-45(42,43)21-27)28-20-30(44-33(28)36-32)35(3,4)34(41)39-25-5-6-26(39)8-7-25/h17-20,25-27,36,42-43H,5-16,21H2,1-4H3. The van der Waals surface area contributed by atoms with Crippen LogP contribution in [0, 0.1) is 13.8 Å². The van der Waals surface area contributed by atoms with E-state index in [0.29, 0.717) is 36.6 Å². The van der Waals surface area contributed by atoms with Gasteiger partial charge in [0.2, 0.25) is 5.91 Å². The second-order valence-corrected chi connectivity index (χ2v) is 18.0. The number of hydrogen-bond donors (Lipinski definition) is 3. The van der Waals surface area contributed by atoms with Crippen molar-refractivity contribution in [3.05, 3.63) is 45.8 Å². The Labute approximate surface area is 272 Å². The number of aryl methyl sites for hydroxylation is 2. The number of aromatic nitrogens is 1. The van der Waals surface area contributed by atoms with Crippen molar-refractivity contribution in [1.29, 1.82) is 0 Å². The van der Waals surface area contributed by atoms with Gasteiger partial charge in [0, 0.05) is 73.3 Å². The summed E-state index contributed by atoms with van der Waals surface area (Å²) in [6.07, 6.45) is 5.78. The number of amides is 1. The third-order valence-electron chi connectivity index (χ3n) is 10.9. The molecule has 6 heterocycles. The smallest absolute Gasteiger partial charge is 0.233 e. The lowest BCUT2D eigenvalue weighted by molar-refractivity contribution is -0.137. The number of ketones is 1. The molecule has 2 aromatic heterocycles. The molecule has 7 rings (SSSR count). The van der Waals surface area contributed by atoms with E-state index < -0.39 is 16.0 Å². The van der Waals surface area contributed by atoms with Crippen LogP contribution in [-0.4, -0.2) is 103 Å². The van der Waals surface area contributed by atoms with E-state index in [1.54, 1.807) is 11.3 Å². The molecule has 4 fully saturated rings. The normalized spacial score (nSPS) is 26.3. The molecule has 1 unspecified atom stereocenters. The number of Topliss-reactive ketones (excluding diaryl/α,β-unsaturated/α-hetero) is 1. The van der Waals surface area contributed by atoms with Crippen molar-refractivity contribution in [2.24, 2.45) is 0 Å². The zero-order valence-corrected chi connectivity index (χ0v) is 28.7. The van der Waals surface area contributed by atoms with Crippen LogP contribution >= 0.6 is 21.9 Å². The minimum absolute atomic E-state index is 0.133. The van der Waals surface area contributed by atoms with E-state index in [1.807, 2.05) is 0 Å². The molecule has 3 N–H and O–H groups in total. The van der Waals surface area contributed by atoms with Gasteiger partial charge in [0.15, 0.2) is 5.78 Å². The molecule has 8 nitrogen and oxygen atoms in total. The summed E-state index contributed by atoms with van der Waals surface area (Å²) in [6.45, 7) is 12.5. The van der Waals surface area contributed by atoms with Crippen LogP contribution in [0.4, 0.5) is 0 Å². The third kappa shape index (κ3) is 5.91. The highest BCUT2D eigenvalue weighted by molar-refractivity contribution is 8.24. The van der Waals surface area contributed by atoms with Gasteiger partial charge in [-0.3, -0.25) is 23.6 Å². The number of nitrogens with one attached hydrogen (secondary N) is 1. The van der Waals surface area contributed by atoms with Gasteiger partial charge in [0.05, 0.1) is 22.4 Å². The highest BCUT2D eigenvalue weighted by Gasteiger charge is 2.47. The summed E-state index contributed by atoms with van der Waals surface area (Å²) in [4.78, 5) is 40.7. The predicted molar refractivity (Wildman–Crippen MR) is 185 cm³/mol. The largest absolute Gasteiger partial charge is 0.346 e. The SMILES string of the molecule is Cc1cc(C)cc(-c2[nH]c3sc(C(C)(C)C(=O)N4C5CCC4CC5)cc3c2C(=O)CCN2CCN(C3CCS(O)(O)C3)CC2)c1. The molecule has 4 aliphatic rings. The Kier molecular flexibility index (Phi) is 8.23. The first kappa shape index (κ1) is 31.4. The highest BCUT2D eigenvalue weighted by atomic mass is 32.3. The highest BCUT2D eigenvalue weighted by Crippen LogP contribution is 2.47. The van der Waals surface area contributed by atoms with Crippen molar-refractivity contribution in [2.75, 3.05) is 44.2 Å². The van der Waals surface area contributed by atoms with Gasteiger partial charge in [-0.25, -0.2) is 0 Å². The molecule has 244 valence electrons. The molecule has 0 saturated carbocycles. The summed E-state index contributed by atoms with van der Waals surface area (Å²) >= 11 is 1.62. The van der Waals surface area contributed by atoms with E-state index in [-0.39, 0.29) is 17.7 Å². The van der Waals surface area contributed by atoms with Gasteiger partial charge in [-0.1, -0.05) is 17.2 Å². The monoisotopic (exact) mass is 652 g/mol. The number of benzene rings is 1. The quantitative estimate of drug-likeness (QED) is 0.236. The van der Waals surface area contributed by atoms with Crippen LogP contribution in [0.25, 0.3) is 21.5 Å². The van der Waals surface area contributed by atoms with Gasteiger partial charge >= 0.3 is 0 Å². The van der Waals surface area contributed by atoms with Crippen molar-refractivity contribution < 1.29 is 18.7 Å². The van der Waals surface area contributed by atoms with Gasteiger partial charge < -0.3 is 14.8 Å². The van der Waals surface area contributed by atoms with E-state index in [1.165, 1.54) is 0 Å². The van der Waals surface area contributed by atoms with Crippen LogP contribution in [0.2, 0.25) is 0 Å². The first-order chi connectivity index (χ1) is 21.4. The average Bonchev–Trinajstić information content (AvgIpc) is 3.81. The van der Waals surface area contributed by atoms with Gasteiger partial charge in [-0.05, 0) is 83.6 Å². The summed E-state index contributed by atoms with van der Waals surface area (Å²) < 4.78 is 20.2. The number of aromatic amines is 1. The maximum atomic E-state index is 14.2. The Hall–Kier alpha value is -2.21. The summed E-state index contributed by atoms with van der Waals surface area (Å²) in [5.41, 5.74) is 4.33. The lowest BCUT2D eigenvalue weighted by atomic mass is 9.88. The lowest BCUT2D eigenvalue weighted by Crippen LogP contribution is -2.50. The van der Waals surface area contributed by atoms with Crippen molar-refractivity contribution in [3.8, 4) is 11.3 Å². The molecule has 1 aromatic carbocycles. The molecule has 0 aliphatic carbocycles. The molecular formula is C35H48N4O4S2. The molecule has 45 heavy (non-hydrogen) atoms. The van der Waals surface area contributed by atoms with Crippen molar-refractivity contribution >= 4 is 43.8 Å². The summed E-state index contributed by atoms with van der Waals surface area (Å²) in [5.74, 6) is 1.38. The molecule has 3 aromatic rings. The summed E-state index contributed by atoms with van der Waals surface area (Å²) in [7, 11) is -2.40. The zero-order valence-electron chi connectivity index (χ0n) is 27.1. The predicted octanol–water partition coefficient (Wildman–Crippen LogP) is 6.66. The number of nitrogens with zero attached hydrogens (tertiary/aromatic N) is 3. The van der Waals surface area contributed by atoms with Gasteiger partial charge in [0.1, 0.15) is 4.83 Å². The number of carbonyl (C=O) groups excluding carboxylic acids is 2. The fraction of sp³-hybridized carbons (Fsp3) is 0.600. The molecule has 10 heteroatoms. The van der Waals surface area contributed by atoms with E-state index >= 15 is 0 Å². The Balaban J connectivity index is 1.12. The first-order valence-corrected chi connectivity index (χ1v) is 19.4. The Morgan fingerprint density at radius 2 is 1.58 bits per heavy atom. The zero-order chi connectivity index (χ0) is 31.7. The summed E-state index contributed by atoms with van der Waals surface area (Å²) in [5, 5.41) is 0.935. The number of carbonyl (C=O) groups is 2. The molecule has 0 spiro atoms. The minimum atomic E-state index is -2.40. The van der Waals surface area contributed by atoms with Crippen LogP contribution in [0.15, 0.2) is 24.3 Å². The van der Waals surface area contributed by atoms with Crippen LogP contribution in [-0.2, 0) is 10.2 Å². The Morgan fingerprint density at radius 3 is 2.18 bits per heavy atom. The number of thiophene rings is 1. The molecule has 1 amide bonds. The van der Waals surface area contributed by atoms with E-state index in [4.69, 9.17) is 0 Å². The number of H-pyrrole nitrogens is 1. The molecule has 1 atom stereocenters. The molecule has 0 radical (unpaired) electrons. The number of rotatable bonds is 8. The van der Waals surface area contributed by atoms with Crippen LogP contribution < -0.4 is 0 Å². The molecule has 4 saturated heterocycles. The van der Waals surface area contributed by atoms with Crippen molar-refractivity contribution in [2.45, 2.75) is 89.8 Å². The fourth-order valence-electron chi connectivity index (χ4n) is 8.41. The second kappa shape index (κ2) is 11.8. The summed E-state index contributed by atoms with van der Waals surface area (Å²) in [6, 6.07) is 9.61. The van der Waals surface area contributed by atoms with Crippen LogP contribution in [0.3, 0.4) is 0 Å². The van der Waals surface area contributed by atoms with E-state index in [2.05, 4.69) is 71.6 Å². The van der Waals surface area contributed by atoms with E-state index in [0.717, 1.165) is 101 Å². The molecule has 4 aliphatic heterocycles. The minimum Gasteiger partial charge on any atom is -0.346 e. The fourth-order valence-corrected chi connectivity index (χ4v) is 11.4. The first-order valence-electron chi connectivity index (χ1n) is 16.7. The van der Waals surface area contributed by atoms with Gasteiger partial charge in [-0.15, -0.1) is 11.3 Å². The van der Waals surface area contributed by atoms with E-state index in [9.17, 15) is 18.7 Å². The van der Waals surface area contributed by atoms with Crippen LogP contribution in [0.1, 0.15) is 78.7 Å². The molecule has 2 bridgehead atoms. The number of fused-ring (bicyclic) bond motifs is 3. The van der Waals surface area contributed by atoms with Crippen molar-refractivity contribution in [1.82, 2.24) is 19.7 Å². The topological polar surface area (TPSA) is 100 Å². The third-order valence-corrected chi connectivity index (χ3v) is 14.1. The number of piperazine rings is 1.